The number of hydrogen-bond acceptors (Lipinski definition) is 4. The Morgan fingerprint density at radius 3 is 2.62 bits per heavy atom. The summed E-state index contributed by atoms with van der Waals surface area (Å²) in [6, 6.07) is 15.6. The molecule has 0 radical (unpaired) electrons. The van der Waals surface area contributed by atoms with Crippen LogP contribution in [0.25, 0.3) is 0 Å². The van der Waals surface area contributed by atoms with Crippen molar-refractivity contribution in [2.45, 2.75) is 13.3 Å². The molecule has 4 nitrogen and oxygen atoms in total. The molecule has 0 aliphatic rings. The van der Waals surface area contributed by atoms with E-state index in [0.29, 0.717) is 12.4 Å². The smallest absolute Gasteiger partial charge is 0.161 e. The predicted octanol–water partition coefficient (Wildman–Crippen LogP) is 3.93. The van der Waals surface area contributed by atoms with Gasteiger partial charge in [-0.3, -0.25) is 5.43 Å². The third kappa shape index (κ3) is 4.53. The number of methoxy groups -OCH3 is 1. The lowest BCUT2D eigenvalue weighted by atomic mass is 10.2. The molecule has 1 N–H and O–H groups in total. The SMILES string of the molecule is CCCOc1ccc(C=NNc2ccccc2)cc1OC. The second kappa shape index (κ2) is 7.94. The third-order valence-corrected chi connectivity index (χ3v) is 2.83. The molecule has 2 rings (SSSR count). The highest BCUT2D eigenvalue weighted by molar-refractivity contribution is 5.81. The molecule has 0 heterocycles. The van der Waals surface area contributed by atoms with Gasteiger partial charge in [-0.1, -0.05) is 25.1 Å². The molecule has 0 spiro atoms. The topological polar surface area (TPSA) is 42.8 Å². The molecule has 0 aliphatic carbocycles. The lowest BCUT2D eigenvalue weighted by Gasteiger charge is -2.10. The molecule has 0 amide bonds. The second-order valence-electron chi connectivity index (χ2n) is 4.49. The molecule has 0 aliphatic heterocycles. The van der Waals surface area contributed by atoms with Gasteiger partial charge < -0.3 is 9.47 Å². The number of benzene rings is 2. The highest BCUT2D eigenvalue weighted by Gasteiger charge is 2.04. The molecule has 0 atom stereocenters. The Bertz CT molecular complexity index is 583. The van der Waals surface area contributed by atoms with E-state index in [-0.39, 0.29) is 0 Å². The highest BCUT2D eigenvalue weighted by atomic mass is 16.5. The van der Waals surface area contributed by atoms with E-state index in [2.05, 4.69) is 17.5 Å². The van der Waals surface area contributed by atoms with E-state index >= 15 is 0 Å². The van der Waals surface area contributed by atoms with Crippen LogP contribution in [0.1, 0.15) is 18.9 Å². The molecule has 4 heteroatoms. The van der Waals surface area contributed by atoms with Crippen molar-refractivity contribution in [3.63, 3.8) is 0 Å². The first-order valence-electron chi connectivity index (χ1n) is 6.98. The number of nitrogens with zero attached hydrogens (tertiary/aromatic N) is 1. The fourth-order valence-electron chi connectivity index (χ4n) is 1.79. The summed E-state index contributed by atoms with van der Waals surface area (Å²) in [6.07, 6.45) is 2.71. The van der Waals surface area contributed by atoms with Crippen molar-refractivity contribution >= 4 is 11.9 Å². The number of hydrogen-bond donors (Lipinski definition) is 1. The zero-order chi connectivity index (χ0) is 14.9. The first-order chi connectivity index (χ1) is 10.3. The summed E-state index contributed by atoms with van der Waals surface area (Å²) in [7, 11) is 1.64. The van der Waals surface area contributed by atoms with Crippen LogP contribution in [-0.2, 0) is 0 Å². The summed E-state index contributed by atoms with van der Waals surface area (Å²) in [5.74, 6) is 1.47. The number of hydrazone groups is 1. The molecule has 0 unspecified atom stereocenters. The van der Waals surface area contributed by atoms with Crippen LogP contribution in [0, 0.1) is 0 Å². The quantitative estimate of drug-likeness (QED) is 0.619. The van der Waals surface area contributed by atoms with Gasteiger partial charge in [0.2, 0.25) is 0 Å². The summed E-state index contributed by atoms with van der Waals surface area (Å²) in [5, 5.41) is 4.21. The monoisotopic (exact) mass is 284 g/mol. The van der Waals surface area contributed by atoms with E-state index in [1.807, 2.05) is 48.5 Å². The van der Waals surface area contributed by atoms with Crippen LogP contribution in [0.4, 0.5) is 5.69 Å². The van der Waals surface area contributed by atoms with Gasteiger partial charge in [0.15, 0.2) is 11.5 Å². The highest BCUT2D eigenvalue weighted by Crippen LogP contribution is 2.27. The summed E-state index contributed by atoms with van der Waals surface area (Å²) < 4.78 is 11.0. The summed E-state index contributed by atoms with van der Waals surface area (Å²) >= 11 is 0. The number of nitrogens with one attached hydrogen (secondary N) is 1. The first kappa shape index (κ1) is 14.9. The van der Waals surface area contributed by atoms with E-state index < -0.39 is 0 Å². The van der Waals surface area contributed by atoms with Crippen LogP contribution in [-0.4, -0.2) is 19.9 Å². The van der Waals surface area contributed by atoms with Crippen molar-refractivity contribution < 1.29 is 9.47 Å². The minimum atomic E-state index is 0.680. The molecule has 2 aromatic rings. The zero-order valence-electron chi connectivity index (χ0n) is 12.4. The Labute approximate surface area is 125 Å². The largest absolute Gasteiger partial charge is 0.493 e. The van der Waals surface area contributed by atoms with Crippen LogP contribution in [0.3, 0.4) is 0 Å². The Morgan fingerprint density at radius 2 is 1.90 bits per heavy atom. The van der Waals surface area contributed by atoms with E-state index in [0.717, 1.165) is 23.4 Å². The summed E-state index contributed by atoms with van der Waals surface area (Å²) in [6.45, 7) is 2.75. The fraction of sp³-hybridized carbons (Fsp3) is 0.235. The Kier molecular flexibility index (Phi) is 5.64. The maximum Gasteiger partial charge on any atom is 0.161 e. The Morgan fingerprint density at radius 1 is 1.10 bits per heavy atom. The maximum absolute atomic E-state index is 5.62. The van der Waals surface area contributed by atoms with E-state index in [1.54, 1.807) is 13.3 Å². The van der Waals surface area contributed by atoms with Gasteiger partial charge in [0.05, 0.1) is 25.6 Å². The molecule has 0 bridgehead atoms. The number of ether oxygens (including phenoxy) is 2. The number of para-hydroxylation sites is 1. The van der Waals surface area contributed by atoms with Crippen LogP contribution < -0.4 is 14.9 Å². The zero-order valence-corrected chi connectivity index (χ0v) is 12.4. The van der Waals surface area contributed by atoms with Crippen LogP contribution in [0.5, 0.6) is 11.5 Å². The minimum absolute atomic E-state index is 0.680. The molecule has 21 heavy (non-hydrogen) atoms. The van der Waals surface area contributed by atoms with Crippen LogP contribution in [0.2, 0.25) is 0 Å². The lowest BCUT2D eigenvalue weighted by Crippen LogP contribution is -1.98. The average molecular weight is 284 g/mol. The molecule has 0 aromatic heterocycles. The molecule has 0 saturated carbocycles. The first-order valence-corrected chi connectivity index (χ1v) is 6.98. The molecular formula is C17H20N2O2. The molecule has 0 saturated heterocycles. The van der Waals surface area contributed by atoms with Gasteiger partial charge >= 0.3 is 0 Å². The summed E-state index contributed by atoms with van der Waals surface area (Å²) in [5.41, 5.74) is 4.87. The van der Waals surface area contributed by atoms with Crippen molar-refractivity contribution in [3.8, 4) is 11.5 Å². The van der Waals surface area contributed by atoms with Crippen molar-refractivity contribution in [1.29, 1.82) is 0 Å². The van der Waals surface area contributed by atoms with E-state index in [9.17, 15) is 0 Å². The average Bonchev–Trinajstić information content (AvgIpc) is 2.54. The molecule has 110 valence electrons. The van der Waals surface area contributed by atoms with Gasteiger partial charge in [0, 0.05) is 0 Å². The Balaban J connectivity index is 2.03. The van der Waals surface area contributed by atoms with Crippen molar-refractivity contribution in [2.75, 3.05) is 19.1 Å². The van der Waals surface area contributed by atoms with Crippen LogP contribution in [0.15, 0.2) is 53.6 Å². The van der Waals surface area contributed by atoms with E-state index in [1.165, 1.54) is 0 Å². The Hall–Kier alpha value is -2.49. The van der Waals surface area contributed by atoms with Crippen molar-refractivity contribution in [2.24, 2.45) is 5.10 Å². The molecular weight excluding hydrogens is 264 g/mol. The van der Waals surface area contributed by atoms with E-state index in [4.69, 9.17) is 9.47 Å². The fourth-order valence-corrected chi connectivity index (χ4v) is 1.79. The minimum Gasteiger partial charge on any atom is -0.493 e. The van der Waals surface area contributed by atoms with Crippen LogP contribution >= 0.6 is 0 Å². The van der Waals surface area contributed by atoms with Gasteiger partial charge in [-0.2, -0.15) is 5.10 Å². The van der Waals surface area contributed by atoms with Gasteiger partial charge in [-0.05, 0) is 42.3 Å². The van der Waals surface area contributed by atoms with Crippen molar-refractivity contribution in [3.05, 3.63) is 54.1 Å². The third-order valence-electron chi connectivity index (χ3n) is 2.83. The van der Waals surface area contributed by atoms with Gasteiger partial charge in [0.1, 0.15) is 0 Å². The lowest BCUT2D eigenvalue weighted by molar-refractivity contribution is 0.294. The second-order valence-corrected chi connectivity index (χ2v) is 4.49. The number of anilines is 1. The van der Waals surface area contributed by atoms with Gasteiger partial charge in [-0.25, -0.2) is 0 Å². The predicted molar refractivity (Wildman–Crippen MR) is 86.4 cm³/mol. The molecule has 2 aromatic carbocycles. The van der Waals surface area contributed by atoms with Crippen molar-refractivity contribution in [1.82, 2.24) is 0 Å². The molecule has 0 fully saturated rings. The van der Waals surface area contributed by atoms with Gasteiger partial charge in [-0.15, -0.1) is 0 Å². The summed E-state index contributed by atoms with van der Waals surface area (Å²) in [4.78, 5) is 0. The number of rotatable bonds is 7. The normalized spacial score (nSPS) is 10.6. The maximum atomic E-state index is 5.62. The standard InChI is InChI=1S/C17H20N2O2/c1-3-11-21-16-10-9-14(12-17(16)20-2)13-18-19-15-7-5-4-6-8-15/h4-10,12-13,19H,3,11H2,1-2H3. The van der Waals surface area contributed by atoms with Gasteiger partial charge in [0.25, 0.3) is 0 Å².